The van der Waals surface area contributed by atoms with E-state index in [0.29, 0.717) is 17.4 Å². The number of carbonyl (C=O) groups excluding carboxylic acids is 1. The van der Waals surface area contributed by atoms with Crippen molar-refractivity contribution in [2.75, 3.05) is 18.2 Å². The number of hydrogen-bond acceptors (Lipinski definition) is 5. The summed E-state index contributed by atoms with van der Waals surface area (Å²) in [7, 11) is 1.53. The number of amides is 1. The molecular formula is C15H20N4O3. The number of H-pyrrole nitrogens is 1. The molecule has 2 aromatic rings. The number of anilines is 2. The van der Waals surface area contributed by atoms with Crippen molar-refractivity contribution in [3.05, 3.63) is 24.4 Å². The van der Waals surface area contributed by atoms with Crippen LogP contribution in [0.15, 0.2) is 24.4 Å². The van der Waals surface area contributed by atoms with Gasteiger partial charge in [-0.3, -0.25) is 5.32 Å². The molecule has 1 aromatic carbocycles. The predicted molar refractivity (Wildman–Crippen MR) is 84.8 cm³/mol. The average molecular weight is 304 g/mol. The third-order valence-electron chi connectivity index (χ3n) is 2.74. The zero-order chi connectivity index (χ0) is 16.3. The molecule has 0 spiro atoms. The molecule has 0 saturated carbocycles. The Morgan fingerprint density at radius 1 is 1.36 bits per heavy atom. The normalized spacial score (nSPS) is 11.1. The Balaban J connectivity index is 2.21. The lowest BCUT2D eigenvalue weighted by atomic mass is 10.1. The molecule has 7 heteroatoms. The Bertz CT molecular complexity index is 674. The maximum absolute atomic E-state index is 11.8. The molecule has 2 rings (SSSR count). The van der Waals surface area contributed by atoms with Gasteiger partial charge in [-0.05, 0) is 32.9 Å². The van der Waals surface area contributed by atoms with Crippen molar-refractivity contribution < 1.29 is 14.3 Å². The van der Waals surface area contributed by atoms with Crippen LogP contribution in [-0.2, 0) is 4.74 Å². The topological polar surface area (TPSA) is 102 Å². The minimum absolute atomic E-state index is 0.338. The molecule has 0 saturated heterocycles. The van der Waals surface area contributed by atoms with E-state index >= 15 is 0 Å². The molecule has 0 aliphatic carbocycles. The first-order valence-electron chi connectivity index (χ1n) is 6.77. The van der Waals surface area contributed by atoms with Crippen LogP contribution in [0.2, 0.25) is 0 Å². The number of nitrogens with one attached hydrogen (secondary N) is 2. The van der Waals surface area contributed by atoms with Crippen LogP contribution in [0.1, 0.15) is 20.8 Å². The number of nitrogen functional groups attached to an aromatic ring is 1. The summed E-state index contributed by atoms with van der Waals surface area (Å²) in [6, 6.07) is 5.33. The molecule has 1 aromatic heterocycles. The summed E-state index contributed by atoms with van der Waals surface area (Å²) in [5, 5.41) is 2.67. The van der Waals surface area contributed by atoms with Crippen molar-refractivity contribution in [1.29, 1.82) is 0 Å². The number of rotatable bonds is 3. The Kier molecular flexibility index (Phi) is 4.25. The van der Waals surface area contributed by atoms with E-state index < -0.39 is 11.7 Å². The summed E-state index contributed by atoms with van der Waals surface area (Å²) in [4.78, 5) is 18.7. The number of imidazole rings is 1. The molecule has 0 radical (unpaired) electrons. The Hall–Kier alpha value is -2.70. The monoisotopic (exact) mass is 304 g/mol. The first-order chi connectivity index (χ1) is 10.3. The summed E-state index contributed by atoms with van der Waals surface area (Å²) in [5.74, 6) is 0.849. The lowest BCUT2D eigenvalue weighted by molar-refractivity contribution is 0.0635. The first-order valence-corrected chi connectivity index (χ1v) is 6.77. The zero-order valence-corrected chi connectivity index (χ0v) is 13.1. The second-order valence-corrected chi connectivity index (χ2v) is 5.72. The Labute approximate surface area is 128 Å². The zero-order valence-electron chi connectivity index (χ0n) is 13.1. The number of carbonyl (C=O) groups is 1. The fraction of sp³-hybridized carbons (Fsp3) is 0.333. The highest BCUT2D eigenvalue weighted by Crippen LogP contribution is 2.30. The van der Waals surface area contributed by atoms with Gasteiger partial charge in [0.2, 0.25) is 0 Å². The number of nitrogens with zero attached hydrogens (tertiary/aromatic N) is 1. The van der Waals surface area contributed by atoms with E-state index in [4.69, 9.17) is 15.2 Å². The van der Waals surface area contributed by atoms with Gasteiger partial charge < -0.3 is 20.2 Å². The lowest BCUT2D eigenvalue weighted by Gasteiger charge is -2.20. The van der Waals surface area contributed by atoms with E-state index in [1.54, 1.807) is 39.1 Å². The maximum Gasteiger partial charge on any atom is 0.412 e. The van der Waals surface area contributed by atoms with Gasteiger partial charge in [0.15, 0.2) is 5.95 Å². The third-order valence-corrected chi connectivity index (χ3v) is 2.74. The molecule has 0 aliphatic heterocycles. The highest BCUT2D eigenvalue weighted by molar-refractivity contribution is 5.87. The second kappa shape index (κ2) is 5.97. The van der Waals surface area contributed by atoms with E-state index in [1.807, 2.05) is 6.07 Å². The second-order valence-electron chi connectivity index (χ2n) is 5.72. The number of aromatic nitrogens is 2. The molecule has 7 nitrogen and oxygen atoms in total. The number of aromatic amines is 1. The molecule has 0 fully saturated rings. The van der Waals surface area contributed by atoms with Gasteiger partial charge in [-0.1, -0.05) is 6.07 Å². The maximum atomic E-state index is 11.8. The van der Waals surface area contributed by atoms with Crippen LogP contribution in [0.5, 0.6) is 5.75 Å². The number of benzene rings is 1. The smallest absolute Gasteiger partial charge is 0.412 e. The standard InChI is InChI=1S/C15H20N4O3/c1-15(2,3)22-14(20)19-10-6-5-9(7-12(10)21-4)11-8-17-13(16)18-11/h5-8H,1-4H3,(H,19,20)(H3,16,17,18). The van der Waals surface area contributed by atoms with Crippen LogP contribution in [0.3, 0.4) is 0 Å². The van der Waals surface area contributed by atoms with Crippen molar-refractivity contribution in [1.82, 2.24) is 9.97 Å². The molecule has 22 heavy (non-hydrogen) atoms. The summed E-state index contributed by atoms with van der Waals surface area (Å²) < 4.78 is 10.5. The van der Waals surface area contributed by atoms with Gasteiger partial charge in [0.1, 0.15) is 11.4 Å². The van der Waals surface area contributed by atoms with E-state index in [-0.39, 0.29) is 0 Å². The molecule has 0 atom stereocenters. The summed E-state index contributed by atoms with van der Waals surface area (Å²) in [5.41, 5.74) is 7.13. The first kappa shape index (κ1) is 15.7. The number of ether oxygens (including phenoxy) is 2. The number of methoxy groups -OCH3 is 1. The highest BCUT2D eigenvalue weighted by atomic mass is 16.6. The van der Waals surface area contributed by atoms with Crippen molar-refractivity contribution >= 4 is 17.7 Å². The number of nitrogens with two attached hydrogens (primary N) is 1. The van der Waals surface area contributed by atoms with Crippen LogP contribution in [0, 0.1) is 0 Å². The van der Waals surface area contributed by atoms with Crippen LogP contribution in [0.25, 0.3) is 11.3 Å². The van der Waals surface area contributed by atoms with E-state index in [2.05, 4.69) is 15.3 Å². The van der Waals surface area contributed by atoms with E-state index in [9.17, 15) is 4.79 Å². The van der Waals surface area contributed by atoms with Gasteiger partial charge >= 0.3 is 6.09 Å². The van der Waals surface area contributed by atoms with Crippen molar-refractivity contribution in [2.45, 2.75) is 26.4 Å². The minimum Gasteiger partial charge on any atom is -0.495 e. The van der Waals surface area contributed by atoms with Gasteiger partial charge in [0.05, 0.1) is 24.7 Å². The molecule has 118 valence electrons. The molecule has 0 unspecified atom stereocenters. The lowest BCUT2D eigenvalue weighted by Crippen LogP contribution is -2.27. The van der Waals surface area contributed by atoms with Crippen LogP contribution in [0.4, 0.5) is 16.4 Å². The molecule has 1 amide bonds. The summed E-state index contributed by atoms with van der Waals surface area (Å²) >= 11 is 0. The highest BCUT2D eigenvalue weighted by Gasteiger charge is 2.17. The van der Waals surface area contributed by atoms with Crippen molar-refractivity contribution in [2.24, 2.45) is 0 Å². The SMILES string of the molecule is COc1cc(-c2cnc(N)[nH]2)ccc1NC(=O)OC(C)(C)C. The largest absolute Gasteiger partial charge is 0.495 e. The number of hydrogen-bond donors (Lipinski definition) is 3. The van der Waals surface area contributed by atoms with Gasteiger partial charge in [-0.15, -0.1) is 0 Å². The van der Waals surface area contributed by atoms with E-state index in [1.165, 1.54) is 7.11 Å². The average Bonchev–Trinajstić information content (AvgIpc) is 2.83. The Morgan fingerprint density at radius 2 is 2.09 bits per heavy atom. The van der Waals surface area contributed by atoms with Gasteiger partial charge in [-0.25, -0.2) is 9.78 Å². The van der Waals surface area contributed by atoms with Crippen LogP contribution >= 0.6 is 0 Å². The molecule has 4 N–H and O–H groups in total. The van der Waals surface area contributed by atoms with Gasteiger partial charge in [0.25, 0.3) is 0 Å². The molecule has 1 heterocycles. The van der Waals surface area contributed by atoms with Crippen molar-refractivity contribution in [3.8, 4) is 17.0 Å². The van der Waals surface area contributed by atoms with Gasteiger partial charge in [0, 0.05) is 5.56 Å². The predicted octanol–water partition coefficient (Wildman–Crippen LogP) is 3.01. The third kappa shape index (κ3) is 3.91. The van der Waals surface area contributed by atoms with Gasteiger partial charge in [-0.2, -0.15) is 0 Å². The van der Waals surface area contributed by atoms with E-state index in [0.717, 1.165) is 11.3 Å². The quantitative estimate of drug-likeness (QED) is 0.809. The summed E-state index contributed by atoms with van der Waals surface area (Å²) in [6.45, 7) is 5.40. The fourth-order valence-electron chi connectivity index (χ4n) is 1.86. The fourth-order valence-corrected chi connectivity index (χ4v) is 1.86. The molecule has 0 bridgehead atoms. The van der Waals surface area contributed by atoms with Crippen molar-refractivity contribution in [3.63, 3.8) is 0 Å². The van der Waals surface area contributed by atoms with Crippen LogP contribution in [-0.4, -0.2) is 28.8 Å². The Morgan fingerprint density at radius 3 is 2.64 bits per heavy atom. The summed E-state index contributed by atoms with van der Waals surface area (Å²) in [6.07, 6.45) is 1.09. The van der Waals surface area contributed by atoms with Crippen LogP contribution < -0.4 is 15.8 Å². The minimum atomic E-state index is -0.565. The molecular weight excluding hydrogens is 284 g/mol. The molecule has 0 aliphatic rings.